The molecule has 0 unspecified atom stereocenters. The van der Waals surface area contributed by atoms with Gasteiger partial charge in [-0.05, 0) is 30.4 Å². The highest BCUT2D eigenvalue weighted by atomic mass is 35.5. The highest BCUT2D eigenvalue weighted by molar-refractivity contribution is 6.29. The van der Waals surface area contributed by atoms with Crippen LogP contribution in [0, 0.1) is 10.1 Å². The van der Waals surface area contributed by atoms with Crippen molar-refractivity contribution in [2.24, 2.45) is 0 Å². The van der Waals surface area contributed by atoms with Gasteiger partial charge in [0.2, 0.25) is 0 Å². The van der Waals surface area contributed by atoms with Gasteiger partial charge in [-0.1, -0.05) is 17.7 Å². The minimum absolute atomic E-state index is 0.140. The highest BCUT2D eigenvalue weighted by Crippen LogP contribution is 2.39. The summed E-state index contributed by atoms with van der Waals surface area (Å²) in [6.07, 6.45) is 5.57. The first-order valence-corrected chi connectivity index (χ1v) is 7.87. The van der Waals surface area contributed by atoms with Gasteiger partial charge in [0.25, 0.3) is 0 Å². The number of pyridine rings is 2. The first kappa shape index (κ1) is 14.8. The predicted octanol–water partition coefficient (Wildman–Crippen LogP) is 3.18. The smallest absolute Gasteiger partial charge is 0.310 e. The summed E-state index contributed by atoms with van der Waals surface area (Å²) in [7, 11) is 0. The van der Waals surface area contributed by atoms with E-state index in [1.807, 2.05) is 12.3 Å². The van der Waals surface area contributed by atoms with Gasteiger partial charge in [-0.25, -0.2) is 14.5 Å². The number of nitrogens with one attached hydrogen (secondary N) is 1. The van der Waals surface area contributed by atoms with Gasteiger partial charge in [0, 0.05) is 12.3 Å². The molecule has 0 amide bonds. The largest absolute Gasteiger partial charge is 0.372 e. The molecule has 0 spiro atoms. The molecule has 3 aromatic rings. The van der Waals surface area contributed by atoms with Crippen LogP contribution in [-0.4, -0.2) is 24.5 Å². The third-order valence-corrected chi connectivity index (χ3v) is 4.14. The molecule has 0 saturated heterocycles. The zero-order valence-electron chi connectivity index (χ0n) is 12.5. The molecule has 0 radical (unpaired) electrons. The van der Waals surface area contributed by atoms with Gasteiger partial charge in [-0.3, -0.25) is 10.1 Å². The van der Waals surface area contributed by atoms with Gasteiger partial charge < -0.3 is 5.32 Å². The fourth-order valence-corrected chi connectivity index (χ4v) is 2.72. The summed E-state index contributed by atoms with van der Waals surface area (Å²) >= 11 is 5.81. The molecule has 24 heavy (non-hydrogen) atoms. The van der Waals surface area contributed by atoms with Crippen molar-refractivity contribution in [3.05, 3.63) is 57.2 Å². The Hall–Kier alpha value is -2.74. The molecular formula is C15H13ClN6O2. The van der Waals surface area contributed by atoms with Gasteiger partial charge in [0.15, 0.2) is 11.5 Å². The quantitative estimate of drug-likeness (QED) is 0.433. The second kappa shape index (κ2) is 5.72. The summed E-state index contributed by atoms with van der Waals surface area (Å²) in [6, 6.07) is 5.43. The van der Waals surface area contributed by atoms with Crippen LogP contribution in [0.25, 0.3) is 5.65 Å². The molecule has 1 aliphatic rings. The summed E-state index contributed by atoms with van der Waals surface area (Å²) in [5.74, 6) is 1.19. The fraction of sp³-hybridized carbons (Fsp3) is 0.267. The zero-order chi connectivity index (χ0) is 16.7. The second-order valence-electron chi connectivity index (χ2n) is 5.70. The van der Waals surface area contributed by atoms with Gasteiger partial charge in [-0.2, -0.15) is 0 Å². The average molecular weight is 345 g/mol. The van der Waals surface area contributed by atoms with E-state index in [0.717, 1.165) is 11.8 Å². The minimum Gasteiger partial charge on any atom is -0.372 e. The summed E-state index contributed by atoms with van der Waals surface area (Å²) in [5.41, 5.74) is 2.17. The number of hydrogen-bond donors (Lipinski definition) is 1. The van der Waals surface area contributed by atoms with E-state index in [0.29, 0.717) is 11.7 Å². The maximum absolute atomic E-state index is 11.0. The van der Waals surface area contributed by atoms with Crippen LogP contribution in [0.5, 0.6) is 0 Å². The van der Waals surface area contributed by atoms with E-state index >= 15 is 0 Å². The number of rotatable bonds is 5. The van der Waals surface area contributed by atoms with Crippen LogP contribution in [0.2, 0.25) is 5.15 Å². The Kier molecular flexibility index (Phi) is 3.53. The molecule has 3 heterocycles. The number of anilines is 1. The monoisotopic (exact) mass is 344 g/mol. The number of halogens is 1. The SMILES string of the molecule is O=[N+]([O-])c1cnc(Cl)cc1NCc1nc2ccc(C3CC3)cn2n1. The molecule has 122 valence electrons. The summed E-state index contributed by atoms with van der Waals surface area (Å²) in [4.78, 5) is 18.7. The molecule has 4 rings (SSSR count). The van der Waals surface area contributed by atoms with Crippen molar-refractivity contribution in [2.45, 2.75) is 25.3 Å². The van der Waals surface area contributed by atoms with Crippen LogP contribution in [0.15, 0.2) is 30.6 Å². The molecule has 8 nitrogen and oxygen atoms in total. The lowest BCUT2D eigenvalue weighted by Gasteiger charge is -2.04. The lowest BCUT2D eigenvalue weighted by atomic mass is 10.2. The standard InChI is InChI=1S/C15H13ClN6O2/c16-13-5-11(12(6-18-13)22(23)24)17-7-14-19-15-4-3-10(9-1-2-9)8-21(15)20-14/h3-6,8-9H,1-2,7H2,(H,17,18). The second-order valence-corrected chi connectivity index (χ2v) is 6.09. The van der Waals surface area contributed by atoms with Gasteiger partial charge in [-0.15, -0.1) is 5.10 Å². The van der Waals surface area contributed by atoms with E-state index < -0.39 is 4.92 Å². The van der Waals surface area contributed by atoms with Crippen molar-refractivity contribution < 1.29 is 4.92 Å². The Bertz CT molecular complexity index is 937. The lowest BCUT2D eigenvalue weighted by Crippen LogP contribution is -2.05. The van der Waals surface area contributed by atoms with Crippen LogP contribution >= 0.6 is 11.6 Å². The Labute approximate surface area is 141 Å². The van der Waals surface area contributed by atoms with Crippen molar-refractivity contribution in [1.82, 2.24) is 19.6 Å². The van der Waals surface area contributed by atoms with E-state index in [-0.39, 0.29) is 23.1 Å². The normalized spacial score (nSPS) is 14.0. The highest BCUT2D eigenvalue weighted by Gasteiger charge is 2.24. The van der Waals surface area contributed by atoms with Gasteiger partial charge in [0.1, 0.15) is 17.0 Å². The third-order valence-electron chi connectivity index (χ3n) is 3.93. The van der Waals surface area contributed by atoms with Crippen LogP contribution in [0.4, 0.5) is 11.4 Å². The Balaban J connectivity index is 1.56. The Morgan fingerprint density at radius 2 is 2.25 bits per heavy atom. The van der Waals surface area contributed by atoms with Gasteiger partial charge >= 0.3 is 5.69 Å². The summed E-state index contributed by atoms with van der Waals surface area (Å²) < 4.78 is 1.75. The van der Waals surface area contributed by atoms with Crippen molar-refractivity contribution in [3.8, 4) is 0 Å². The first-order chi connectivity index (χ1) is 11.6. The third kappa shape index (κ3) is 2.88. The van der Waals surface area contributed by atoms with Crippen LogP contribution in [0.1, 0.15) is 30.1 Å². The maximum Gasteiger partial charge on any atom is 0.310 e. The van der Waals surface area contributed by atoms with Crippen LogP contribution < -0.4 is 5.32 Å². The summed E-state index contributed by atoms with van der Waals surface area (Å²) in [6.45, 7) is 0.252. The molecule has 0 aliphatic heterocycles. The molecule has 0 bridgehead atoms. The van der Waals surface area contributed by atoms with E-state index in [1.54, 1.807) is 4.52 Å². The topological polar surface area (TPSA) is 98.2 Å². The van der Waals surface area contributed by atoms with E-state index in [9.17, 15) is 10.1 Å². The molecule has 0 aromatic carbocycles. The molecule has 1 saturated carbocycles. The minimum atomic E-state index is -0.509. The van der Waals surface area contributed by atoms with Gasteiger partial charge in [0.05, 0.1) is 11.5 Å². The molecule has 9 heteroatoms. The zero-order valence-corrected chi connectivity index (χ0v) is 13.3. The summed E-state index contributed by atoms with van der Waals surface area (Å²) in [5, 5.41) is 18.6. The number of aromatic nitrogens is 4. The molecule has 1 fully saturated rings. The number of nitrogens with zero attached hydrogens (tertiary/aromatic N) is 5. The lowest BCUT2D eigenvalue weighted by molar-refractivity contribution is -0.384. The van der Waals surface area contributed by atoms with Crippen molar-refractivity contribution in [1.29, 1.82) is 0 Å². The number of hydrogen-bond acceptors (Lipinski definition) is 6. The van der Waals surface area contributed by atoms with Crippen molar-refractivity contribution in [2.75, 3.05) is 5.32 Å². The maximum atomic E-state index is 11.0. The van der Waals surface area contributed by atoms with E-state index in [2.05, 4.69) is 26.4 Å². The number of nitro groups is 1. The van der Waals surface area contributed by atoms with E-state index in [4.69, 9.17) is 11.6 Å². The molecule has 1 N–H and O–H groups in total. The van der Waals surface area contributed by atoms with Crippen LogP contribution in [-0.2, 0) is 6.54 Å². The van der Waals surface area contributed by atoms with Crippen molar-refractivity contribution >= 4 is 28.6 Å². The molecule has 3 aromatic heterocycles. The molecule has 0 atom stereocenters. The van der Waals surface area contributed by atoms with Crippen molar-refractivity contribution in [3.63, 3.8) is 0 Å². The van der Waals surface area contributed by atoms with E-state index in [1.165, 1.54) is 24.5 Å². The average Bonchev–Trinajstić information content (AvgIpc) is 3.32. The molecule has 1 aliphatic carbocycles. The molecular weight excluding hydrogens is 332 g/mol. The number of fused-ring (bicyclic) bond motifs is 1. The Morgan fingerprint density at radius 1 is 1.42 bits per heavy atom. The first-order valence-electron chi connectivity index (χ1n) is 7.49. The predicted molar refractivity (Wildman–Crippen MR) is 88.2 cm³/mol. The van der Waals surface area contributed by atoms with Crippen LogP contribution in [0.3, 0.4) is 0 Å². The fourth-order valence-electron chi connectivity index (χ4n) is 2.56. The Morgan fingerprint density at radius 3 is 3.00 bits per heavy atom.